The normalized spacial score (nSPS) is 17.6. The number of aromatic amines is 1. The van der Waals surface area contributed by atoms with Gasteiger partial charge in [-0.15, -0.1) is 0 Å². The molecule has 0 unspecified atom stereocenters. The highest BCUT2D eigenvalue weighted by Crippen LogP contribution is 2.39. The van der Waals surface area contributed by atoms with E-state index in [4.69, 9.17) is 0 Å². The molecule has 170 valence electrons. The van der Waals surface area contributed by atoms with E-state index < -0.39 is 17.7 Å². The van der Waals surface area contributed by atoms with Crippen LogP contribution in [-0.2, 0) is 16.0 Å². The number of nitrogens with zero attached hydrogens (tertiary/aromatic N) is 1. The fourth-order valence-corrected chi connectivity index (χ4v) is 4.81. The number of aliphatic hydroxyl groups is 1. The first kappa shape index (κ1) is 22.2. The minimum atomic E-state index is -0.662. The van der Waals surface area contributed by atoms with E-state index >= 15 is 0 Å². The number of halogens is 1. The van der Waals surface area contributed by atoms with Gasteiger partial charge in [-0.1, -0.05) is 76.1 Å². The maximum absolute atomic E-state index is 13.2. The highest BCUT2D eigenvalue weighted by Gasteiger charge is 2.45. The molecular formula is C28H23BrN2O3. The Morgan fingerprint density at radius 1 is 1.00 bits per heavy atom. The van der Waals surface area contributed by atoms with E-state index in [9.17, 15) is 14.7 Å². The third-order valence-corrected chi connectivity index (χ3v) is 6.88. The van der Waals surface area contributed by atoms with Crippen LogP contribution in [0.5, 0.6) is 0 Å². The van der Waals surface area contributed by atoms with Crippen LogP contribution >= 0.6 is 15.9 Å². The molecule has 6 heteroatoms. The van der Waals surface area contributed by atoms with Crippen molar-refractivity contribution >= 4 is 44.3 Å². The third kappa shape index (κ3) is 3.94. The van der Waals surface area contributed by atoms with Gasteiger partial charge < -0.3 is 15.0 Å². The Labute approximate surface area is 205 Å². The summed E-state index contributed by atoms with van der Waals surface area (Å²) < 4.78 is 0.860. The van der Waals surface area contributed by atoms with Crippen LogP contribution in [0, 0.1) is 6.92 Å². The van der Waals surface area contributed by atoms with Gasteiger partial charge in [-0.05, 0) is 42.7 Å². The number of Topliss-reactive ketones (excluding diaryl/α,β-unsaturated/α-hetero) is 1. The van der Waals surface area contributed by atoms with Crippen molar-refractivity contribution < 1.29 is 14.7 Å². The van der Waals surface area contributed by atoms with E-state index in [2.05, 4.69) is 20.9 Å². The van der Waals surface area contributed by atoms with Crippen molar-refractivity contribution in [2.24, 2.45) is 0 Å². The molecule has 34 heavy (non-hydrogen) atoms. The second-order valence-electron chi connectivity index (χ2n) is 8.52. The summed E-state index contributed by atoms with van der Waals surface area (Å²) in [6.45, 7) is 2.33. The van der Waals surface area contributed by atoms with E-state index in [1.807, 2.05) is 61.7 Å². The number of aromatic nitrogens is 1. The number of H-pyrrole nitrogens is 1. The van der Waals surface area contributed by atoms with Gasteiger partial charge in [-0.3, -0.25) is 9.59 Å². The van der Waals surface area contributed by atoms with Crippen LogP contribution in [0.4, 0.5) is 0 Å². The van der Waals surface area contributed by atoms with Crippen molar-refractivity contribution in [3.63, 3.8) is 0 Å². The maximum atomic E-state index is 13.2. The lowest BCUT2D eigenvalue weighted by Crippen LogP contribution is -2.31. The summed E-state index contributed by atoms with van der Waals surface area (Å²) in [6.07, 6.45) is 2.53. The van der Waals surface area contributed by atoms with Gasteiger partial charge in [0.2, 0.25) is 0 Å². The van der Waals surface area contributed by atoms with E-state index in [0.29, 0.717) is 18.5 Å². The number of hydrogen-bond donors (Lipinski definition) is 2. The molecule has 1 atom stereocenters. The summed E-state index contributed by atoms with van der Waals surface area (Å²) in [7, 11) is 0. The molecule has 0 bridgehead atoms. The van der Waals surface area contributed by atoms with Gasteiger partial charge in [-0.25, -0.2) is 0 Å². The zero-order valence-electron chi connectivity index (χ0n) is 18.6. The van der Waals surface area contributed by atoms with E-state index in [1.54, 1.807) is 29.2 Å². The number of para-hydroxylation sites is 1. The standard InChI is InChI=1S/C28H23BrN2O3/c1-17-6-8-18(9-7-17)25-24(26(32)19-10-12-21(29)13-11-19)27(33)28(34)31(25)15-14-20-16-30-23-5-3-2-4-22(20)23/h2-13,16,25,30,32H,14-15H2,1H3/t25-/m1/s1. The largest absolute Gasteiger partial charge is 0.507 e. The van der Waals surface area contributed by atoms with Gasteiger partial charge in [-0.2, -0.15) is 0 Å². The zero-order valence-corrected chi connectivity index (χ0v) is 20.2. The van der Waals surface area contributed by atoms with Crippen molar-refractivity contribution in [1.29, 1.82) is 0 Å². The number of aryl methyl sites for hydroxylation is 1. The summed E-state index contributed by atoms with van der Waals surface area (Å²) in [5.41, 5.74) is 4.60. The van der Waals surface area contributed by atoms with Gasteiger partial charge in [0.15, 0.2) is 0 Å². The molecular weight excluding hydrogens is 492 g/mol. The van der Waals surface area contributed by atoms with Crippen molar-refractivity contribution in [3.8, 4) is 0 Å². The smallest absolute Gasteiger partial charge is 0.295 e. The number of nitrogens with one attached hydrogen (secondary N) is 1. The van der Waals surface area contributed by atoms with Crippen LogP contribution in [0.2, 0.25) is 0 Å². The Morgan fingerprint density at radius 3 is 2.44 bits per heavy atom. The summed E-state index contributed by atoms with van der Waals surface area (Å²) in [5.74, 6) is -1.42. The molecule has 0 saturated carbocycles. The number of likely N-dealkylation sites (tertiary alicyclic amines) is 1. The number of ketones is 1. The predicted octanol–water partition coefficient (Wildman–Crippen LogP) is 5.90. The molecule has 1 aromatic heterocycles. The fourth-order valence-electron chi connectivity index (χ4n) is 4.55. The van der Waals surface area contributed by atoms with Gasteiger partial charge in [0, 0.05) is 33.7 Å². The van der Waals surface area contributed by atoms with Crippen LogP contribution in [0.15, 0.2) is 89.0 Å². The van der Waals surface area contributed by atoms with Gasteiger partial charge >= 0.3 is 0 Å². The van der Waals surface area contributed by atoms with Gasteiger partial charge in [0.05, 0.1) is 11.6 Å². The summed E-state index contributed by atoms with van der Waals surface area (Å²) in [4.78, 5) is 31.2. The molecule has 2 heterocycles. The molecule has 4 aromatic rings. The molecule has 0 spiro atoms. The van der Waals surface area contributed by atoms with Crippen LogP contribution in [0.1, 0.15) is 28.3 Å². The Balaban J connectivity index is 1.56. The highest BCUT2D eigenvalue weighted by atomic mass is 79.9. The van der Waals surface area contributed by atoms with Crippen molar-refractivity contribution in [1.82, 2.24) is 9.88 Å². The lowest BCUT2D eigenvalue weighted by atomic mass is 9.94. The molecule has 1 fully saturated rings. The third-order valence-electron chi connectivity index (χ3n) is 6.35. The molecule has 1 amide bonds. The Bertz CT molecular complexity index is 1420. The lowest BCUT2D eigenvalue weighted by Gasteiger charge is -2.25. The SMILES string of the molecule is Cc1ccc([C@@H]2C(=C(O)c3ccc(Br)cc3)C(=O)C(=O)N2CCc2c[nH]c3ccccc23)cc1. The zero-order chi connectivity index (χ0) is 23.8. The second kappa shape index (κ2) is 8.95. The number of benzene rings is 3. The molecule has 5 nitrogen and oxygen atoms in total. The number of rotatable bonds is 5. The number of fused-ring (bicyclic) bond motifs is 1. The summed E-state index contributed by atoms with van der Waals surface area (Å²) in [6, 6.07) is 22.1. The van der Waals surface area contributed by atoms with Crippen molar-refractivity contribution in [3.05, 3.63) is 111 Å². The molecule has 5 rings (SSSR count). The molecule has 2 N–H and O–H groups in total. The average Bonchev–Trinajstić information content (AvgIpc) is 3.37. The van der Waals surface area contributed by atoms with Crippen LogP contribution < -0.4 is 0 Å². The van der Waals surface area contributed by atoms with Gasteiger partial charge in [0.1, 0.15) is 5.76 Å². The topological polar surface area (TPSA) is 73.4 Å². The molecule has 0 aliphatic carbocycles. The fraction of sp³-hybridized carbons (Fsp3) is 0.143. The molecule has 0 radical (unpaired) electrons. The number of aliphatic hydroxyl groups excluding tert-OH is 1. The Morgan fingerprint density at radius 2 is 1.71 bits per heavy atom. The maximum Gasteiger partial charge on any atom is 0.295 e. The van der Waals surface area contributed by atoms with E-state index in [0.717, 1.165) is 32.1 Å². The van der Waals surface area contributed by atoms with Crippen LogP contribution in [-0.4, -0.2) is 33.2 Å². The second-order valence-corrected chi connectivity index (χ2v) is 9.44. The average molecular weight is 515 g/mol. The van der Waals surface area contributed by atoms with E-state index in [-0.39, 0.29) is 11.3 Å². The molecule has 1 aliphatic heterocycles. The predicted molar refractivity (Wildman–Crippen MR) is 136 cm³/mol. The Hall–Kier alpha value is -3.64. The van der Waals surface area contributed by atoms with Crippen LogP contribution in [0.3, 0.4) is 0 Å². The summed E-state index contributed by atoms with van der Waals surface area (Å²) in [5, 5.41) is 12.3. The first-order valence-corrected chi connectivity index (χ1v) is 11.9. The first-order valence-electron chi connectivity index (χ1n) is 11.1. The quantitative estimate of drug-likeness (QED) is 0.197. The Kier molecular flexibility index (Phi) is 5.84. The number of amides is 1. The highest BCUT2D eigenvalue weighted by molar-refractivity contribution is 9.10. The van der Waals surface area contributed by atoms with Crippen molar-refractivity contribution in [2.75, 3.05) is 6.54 Å². The minimum absolute atomic E-state index is 0.120. The molecule has 1 saturated heterocycles. The van der Waals surface area contributed by atoms with Gasteiger partial charge in [0.25, 0.3) is 11.7 Å². The first-order chi connectivity index (χ1) is 16.4. The number of carbonyl (C=O) groups is 2. The lowest BCUT2D eigenvalue weighted by molar-refractivity contribution is -0.139. The number of hydrogen-bond acceptors (Lipinski definition) is 3. The summed E-state index contributed by atoms with van der Waals surface area (Å²) >= 11 is 3.39. The molecule has 3 aromatic carbocycles. The molecule has 1 aliphatic rings. The minimum Gasteiger partial charge on any atom is -0.507 e. The van der Waals surface area contributed by atoms with Crippen LogP contribution in [0.25, 0.3) is 16.7 Å². The van der Waals surface area contributed by atoms with E-state index in [1.165, 1.54) is 0 Å². The van der Waals surface area contributed by atoms with Crippen molar-refractivity contribution in [2.45, 2.75) is 19.4 Å². The number of carbonyl (C=O) groups excluding carboxylic acids is 2. The monoisotopic (exact) mass is 514 g/mol.